The average molecular weight is 301 g/mol. The zero-order valence-corrected chi connectivity index (χ0v) is 10.8. The van der Waals surface area contributed by atoms with Gasteiger partial charge in [-0.25, -0.2) is 0 Å². The van der Waals surface area contributed by atoms with Gasteiger partial charge >= 0.3 is 0 Å². The van der Waals surface area contributed by atoms with Crippen LogP contribution >= 0.6 is 23.2 Å². The van der Waals surface area contributed by atoms with Crippen molar-refractivity contribution >= 4 is 44.9 Å². The maximum atomic E-state index is 11.1. The van der Waals surface area contributed by atoms with E-state index in [0.29, 0.717) is 10.0 Å². The Labute approximate surface area is 108 Å². The fourth-order valence-electron chi connectivity index (χ4n) is 0.989. The lowest BCUT2D eigenvalue weighted by Gasteiger charge is -2.04. The number of carbonyl (C=O) groups excluding carboxylic acids is 1. The average Bonchev–Trinajstić information content (AvgIpc) is 1.96. The van der Waals surface area contributed by atoms with Crippen molar-refractivity contribution in [3.8, 4) is 0 Å². The van der Waals surface area contributed by atoms with Crippen LogP contribution in [0.1, 0.15) is 0 Å². The highest BCUT2D eigenvalue weighted by molar-refractivity contribution is 7.86. The van der Waals surface area contributed by atoms with Gasteiger partial charge in [-0.1, -0.05) is 23.2 Å². The lowest BCUT2D eigenvalue weighted by atomic mass is 10.3. The highest BCUT2D eigenvalue weighted by Gasteiger charge is 2.13. The van der Waals surface area contributed by atoms with Gasteiger partial charge in [-0.05, 0) is 18.2 Å². The van der Waals surface area contributed by atoms with Crippen molar-refractivity contribution in [2.24, 2.45) is 0 Å². The van der Waals surface area contributed by atoms with Crippen molar-refractivity contribution in [1.82, 2.24) is 6.15 Å². The normalized spacial score (nSPS) is 10.5. The number of benzene rings is 1. The van der Waals surface area contributed by atoms with Crippen LogP contribution in [-0.2, 0) is 14.9 Å². The van der Waals surface area contributed by atoms with Crippen LogP contribution in [0.5, 0.6) is 0 Å². The van der Waals surface area contributed by atoms with Crippen molar-refractivity contribution in [3.63, 3.8) is 0 Å². The van der Waals surface area contributed by atoms with Gasteiger partial charge in [0.15, 0.2) is 5.75 Å². The summed E-state index contributed by atoms with van der Waals surface area (Å²) < 4.78 is 29.3. The summed E-state index contributed by atoms with van der Waals surface area (Å²) in [5, 5.41) is 2.83. The Balaban J connectivity index is 0.00000256. The molecule has 5 N–H and O–H groups in total. The summed E-state index contributed by atoms with van der Waals surface area (Å²) in [5.74, 6) is -1.89. The first-order valence-corrected chi connectivity index (χ1v) is 6.34. The molecule has 9 heteroatoms. The first kappa shape index (κ1) is 16.1. The topological polar surface area (TPSA) is 118 Å². The van der Waals surface area contributed by atoms with Crippen LogP contribution < -0.4 is 11.5 Å². The SMILES string of the molecule is N.O=C(CS(=O)(=O)O)Nc1cc(Cl)cc(Cl)c1. The Morgan fingerprint density at radius 3 is 2.12 bits per heavy atom. The second-order valence-corrected chi connectivity index (χ2v) is 5.26. The third-order valence-corrected chi connectivity index (χ3v) is 2.52. The van der Waals surface area contributed by atoms with E-state index < -0.39 is 21.8 Å². The van der Waals surface area contributed by atoms with E-state index in [9.17, 15) is 13.2 Å². The molecular formula is C8H10Cl2N2O4S. The molecule has 1 aromatic rings. The molecule has 0 saturated carbocycles. The fourth-order valence-corrected chi connectivity index (χ4v) is 1.92. The molecule has 0 heterocycles. The molecule has 0 radical (unpaired) electrons. The molecule has 96 valence electrons. The van der Waals surface area contributed by atoms with Gasteiger partial charge in [0.2, 0.25) is 5.91 Å². The van der Waals surface area contributed by atoms with E-state index in [4.69, 9.17) is 27.8 Å². The number of anilines is 1. The van der Waals surface area contributed by atoms with E-state index >= 15 is 0 Å². The van der Waals surface area contributed by atoms with Crippen LogP contribution in [0, 0.1) is 0 Å². The van der Waals surface area contributed by atoms with Crippen LogP contribution in [0.2, 0.25) is 10.0 Å². The molecule has 0 aliphatic heterocycles. The molecule has 0 fully saturated rings. The molecule has 6 nitrogen and oxygen atoms in total. The third-order valence-electron chi connectivity index (χ3n) is 1.46. The van der Waals surface area contributed by atoms with Gasteiger partial charge in [-0.3, -0.25) is 9.35 Å². The Morgan fingerprint density at radius 2 is 1.71 bits per heavy atom. The van der Waals surface area contributed by atoms with E-state index in [1.807, 2.05) is 0 Å². The number of halogens is 2. The summed E-state index contributed by atoms with van der Waals surface area (Å²) >= 11 is 11.3. The highest BCUT2D eigenvalue weighted by atomic mass is 35.5. The van der Waals surface area contributed by atoms with Crippen LogP contribution in [0.25, 0.3) is 0 Å². The molecule has 1 rings (SSSR count). The van der Waals surface area contributed by atoms with Crippen LogP contribution in [-0.4, -0.2) is 24.6 Å². The van der Waals surface area contributed by atoms with Crippen molar-refractivity contribution in [2.75, 3.05) is 11.1 Å². The minimum Gasteiger partial charge on any atom is -0.344 e. The van der Waals surface area contributed by atoms with Crippen molar-refractivity contribution in [2.45, 2.75) is 0 Å². The Hall–Kier alpha value is -0.860. The summed E-state index contributed by atoms with van der Waals surface area (Å²) in [6.07, 6.45) is 0. The lowest BCUT2D eigenvalue weighted by Crippen LogP contribution is -2.22. The maximum Gasteiger partial charge on any atom is 0.274 e. The third kappa shape index (κ3) is 6.44. The Kier molecular flexibility index (Phi) is 5.86. The molecule has 0 aliphatic carbocycles. The molecular weight excluding hydrogens is 291 g/mol. The molecule has 0 spiro atoms. The number of hydrogen-bond acceptors (Lipinski definition) is 4. The molecule has 17 heavy (non-hydrogen) atoms. The molecule has 0 aliphatic rings. The largest absolute Gasteiger partial charge is 0.344 e. The van der Waals surface area contributed by atoms with Gasteiger partial charge in [-0.15, -0.1) is 0 Å². The predicted molar refractivity (Wildman–Crippen MR) is 66.5 cm³/mol. The van der Waals surface area contributed by atoms with Gasteiger partial charge in [0.05, 0.1) is 0 Å². The van der Waals surface area contributed by atoms with E-state index in [-0.39, 0.29) is 11.8 Å². The standard InChI is InChI=1S/C8H7Cl2NO4S.H3N/c9-5-1-6(10)3-7(2-5)11-8(12)4-16(13,14)15;/h1-3H,4H2,(H,11,12)(H,13,14,15);1H3. The zero-order chi connectivity index (χ0) is 12.3. The smallest absolute Gasteiger partial charge is 0.274 e. The second-order valence-electron chi connectivity index (χ2n) is 2.93. The number of hydrogen-bond donors (Lipinski definition) is 3. The van der Waals surface area contributed by atoms with E-state index in [1.165, 1.54) is 18.2 Å². The molecule has 0 bridgehead atoms. The van der Waals surface area contributed by atoms with Crippen molar-refractivity contribution in [1.29, 1.82) is 0 Å². The van der Waals surface area contributed by atoms with Crippen LogP contribution in [0.3, 0.4) is 0 Å². The first-order chi connectivity index (χ1) is 7.26. The highest BCUT2D eigenvalue weighted by Crippen LogP contribution is 2.22. The molecule has 1 amide bonds. The molecule has 0 saturated heterocycles. The summed E-state index contributed by atoms with van der Waals surface area (Å²) in [5.41, 5.74) is 0.256. The van der Waals surface area contributed by atoms with E-state index in [2.05, 4.69) is 5.32 Å². The number of carbonyl (C=O) groups is 1. The van der Waals surface area contributed by atoms with Gasteiger partial charge in [0.1, 0.15) is 0 Å². The Bertz CT molecular complexity index is 498. The van der Waals surface area contributed by atoms with Gasteiger partial charge in [0.25, 0.3) is 10.1 Å². The minimum absolute atomic E-state index is 0. The number of amides is 1. The number of nitrogens with one attached hydrogen (secondary N) is 1. The Morgan fingerprint density at radius 1 is 1.24 bits per heavy atom. The van der Waals surface area contributed by atoms with Crippen molar-refractivity contribution < 1.29 is 17.8 Å². The van der Waals surface area contributed by atoms with E-state index in [1.54, 1.807) is 0 Å². The second kappa shape index (κ2) is 6.18. The summed E-state index contributed by atoms with van der Waals surface area (Å²) in [7, 11) is -4.34. The lowest BCUT2D eigenvalue weighted by molar-refractivity contribution is -0.113. The van der Waals surface area contributed by atoms with Gasteiger partial charge in [-0.2, -0.15) is 8.42 Å². The van der Waals surface area contributed by atoms with Crippen LogP contribution in [0.15, 0.2) is 18.2 Å². The molecule has 0 unspecified atom stereocenters. The van der Waals surface area contributed by atoms with Gasteiger partial charge < -0.3 is 11.5 Å². The van der Waals surface area contributed by atoms with E-state index in [0.717, 1.165) is 0 Å². The number of rotatable bonds is 3. The molecule has 1 aromatic carbocycles. The zero-order valence-electron chi connectivity index (χ0n) is 8.48. The summed E-state index contributed by atoms with van der Waals surface area (Å²) in [4.78, 5) is 11.1. The molecule has 0 atom stereocenters. The minimum atomic E-state index is -4.34. The van der Waals surface area contributed by atoms with Gasteiger partial charge in [0, 0.05) is 15.7 Å². The first-order valence-electron chi connectivity index (χ1n) is 3.97. The van der Waals surface area contributed by atoms with Crippen molar-refractivity contribution in [3.05, 3.63) is 28.2 Å². The maximum absolute atomic E-state index is 11.1. The summed E-state index contributed by atoms with van der Waals surface area (Å²) in [6.45, 7) is 0. The van der Waals surface area contributed by atoms with Crippen LogP contribution in [0.4, 0.5) is 5.69 Å². The predicted octanol–water partition coefficient (Wildman–Crippen LogP) is 1.98. The quantitative estimate of drug-likeness (QED) is 0.738. The molecule has 0 aromatic heterocycles. The summed E-state index contributed by atoms with van der Waals surface area (Å²) in [6, 6.07) is 4.26. The fraction of sp³-hybridized carbons (Fsp3) is 0.125. The monoisotopic (exact) mass is 300 g/mol.